The lowest BCUT2D eigenvalue weighted by Gasteiger charge is -2.09. The summed E-state index contributed by atoms with van der Waals surface area (Å²) in [5.41, 5.74) is 3.46. The molecule has 1 aromatic rings. The highest BCUT2D eigenvalue weighted by atomic mass is 16.5. The van der Waals surface area contributed by atoms with Gasteiger partial charge in [-0.3, -0.25) is 0 Å². The largest absolute Gasteiger partial charge is 0.378 e. The van der Waals surface area contributed by atoms with Gasteiger partial charge in [0.15, 0.2) is 0 Å². The number of hydrogen-bond acceptors (Lipinski definition) is 5. The van der Waals surface area contributed by atoms with E-state index in [-0.39, 0.29) is 6.10 Å². The van der Waals surface area contributed by atoms with Crippen molar-refractivity contribution >= 4 is 5.82 Å². The Balaban J connectivity index is 2.09. The third-order valence-corrected chi connectivity index (χ3v) is 2.48. The fraction of sp³-hybridized carbons (Fsp3) is 0.600. The van der Waals surface area contributed by atoms with Crippen LogP contribution in [-0.2, 0) is 11.2 Å². The smallest absolute Gasteiger partial charge is 0.143 e. The number of aryl methyl sites for hydroxylation is 1. The molecule has 0 bridgehead atoms. The second-order valence-electron chi connectivity index (χ2n) is 3.79. The van der Waals surface area contributed by atoms with Crippen molar-refractivity contribution in [2.75, 3.05) is 12.0 Å². The molecule has 5 heteroatoms. The quantitative estimate of drug-likeness (QED) is 0.567. The maximum atomic E-state index is 5.54. The minimum Gasteiger partial charge on any atom is -0.378 e. The predicted molar refractivity (Wildman–Crippen MR) is 57.3 cm³/mol. The zero-order valence-corrected chi connectivity index (χ0v) is 8.86. The van der Waals surface area contributed by atoms with E-state index in [0.717, 1.165) is 37.4 Å². The first-order chi connectivity index (χ1) is 7.28. The molecule has 1 aromatic heterocycles. The van der Waals surface area contributed by atoms with Gasteiger partial charge in [0.25, 0.3) is 0 Å². The Hall–Kier alpha value is -1.20. The lowest BCUT2D eigenvalue weighted by molar-refractivity contribution is 0.110. The van der Waals surface area contributed by atoms with Crippen LogP contribution in [0.25, 0.3) is 0 Å². The van der Waals surface area contributed by atoms with Crippen molar-refractivity contribution in [1.82, 2.24) is 9.97 Å². The summed E-state index contributed by atoms with van der Waals surface area (Å²) < 4.78 is 5.54. The van der Waals surface area contributed by atoms with Crippen LogP contribution in [0, 0.1) is 6.92 Å². The van der Waals surface area contributed by atoms with Crippen LogP contribution in [0.5, 0.6) is 0 Å². The highest BCUT2D eigenvalue weighted by Crippen LogP contribution is 2.16. The Labute approximate surface area is 89.0 Å². The molecule has 2 heterocycles. The zero-order valence-electron chi connectivity index (χ0n) is 8.86. The van der Waals surface area contributed by atoms with Crippen molar-refractivity contribution in [3.8, 4) is 0 Å². The first kappa shape index (κ1) is 10.3. The number of anilines is 1. The number of hydrogen-bond donors (Lipinski definition) is 2. The summed E-state index contributed by atoms with van der Waals surface area (Å²) >= 11 is 0. The number of nitrogens with zero attached hydrogens (tertiary/aromatic N) is 2. The molecule has 1 saturated heterocycles. The van der Waals surface area contributed by atoms with Gasteiger partial charge in [-0.1, -0.05) is 0 Å². The zero-order chi connectivity index (χ0) is 10.7. The van der Waals surface area contributed by atoms with Crippen LogP contribution in [0.1, 0.15) is 24.4 Å². The molecular weight excluding hydrogens is 192 g/mol. The van der Waals surface area contributed by atoms with Crippen LogP contribution in [0.4, 0.5) is 5.82 Å². The van der Waals surface area contributed by atoms with Crippen LogP contribution in [0.3, 0.4) is 0 Å². The summed E-state index contributed by atoms with van der Waals surface area (Å²) in [5, 5.41) is 0. The van der Waals surface area contributed by atoms with Crippen molar-refractivity contribution in [3.63, 3.8) is 0 Å². The number of nitrogens with two attached hydrogens (primary N) is 1. The van der Waals surface area contributed by atoms with E-state index in [9.17, 15) is 0 Å². The maximum Gasteiger partial charge on any atom is 0.143 e. The molecule has 5 nitrogen and oxygen atoms in total. The van der Waals surface area contributed by atoms with Gasteiger partial charge in [0, 0.05) is 24.8 Å². The van der Waals surface area contributed by atoms with Gasteiger partial charge in [0.2, 0.25) is 0 Å². The van der Waals surface area contributed by atoms with E-state index in [2.05, 4.69) is 15.4 Å². The van der Waals surface area contributed by atoms with Crippen molar-refractivity contribution in [2.24, 2.45) is 5.84 Å². The Morgan fingerprint density at radius 1 is 1.60 bits per heavy atom. The molecule has 1 aliphatic rings. The average molecular weight is 208 g/mol. The van der Waals surface area contributed by atoms with Gasteiger partial charge in [0.05, 0.1) is 6.10 Å². The topological polar surface area (TPSA) is 73.1 Å². The van der Waals surface area contributed by atoms with E-state index >= 15 is 0 Å². The normalized spacial score (nSPS) is 20.5. The van der Waals surface area contributed by atoms with Crippen LogP contribution >= 0.6 is 0 Å². The Kier molecular flexibility index (Phi) is 3.13. The molecule has 0 aliphatic carbocycles. The molecule has 1 unspecified atom stereocenters. The standard InChI is InChI=1S/C10H16N4O/c1-7-5-10(14-11)13-9(12-7)6-8-3-2-4-15-8/h5,8H,2-4,6,11H2,1H3,(H,12,13,14). The number of rotatable bonds is 3. The van der Waals surface area contributed by atoms with E-state index in [1.807, 2.05) is 13.0 Å². The van der Waals surface area contributed by atoms with Gasteiger partial charge >= 0.3 is 0 Å². The van der Waals surface area contributed by atoms with E-state index in [4.69, 9.17) is 10.6 Å². The Morgan fingerprint density at radius 2 is 2.47 bits per heavy atom. The molecule has 3 N–H and O–H groups in total. The highest BCUT2D eigenvalue weighted by molar-refractivity contribution is 5.34. The van der Waals surface area contributed by atoms with Gasteiger partial charge in [-0.2, -0.15) is 0 Å². The number of aromatic nitrogens is 2. The van der Waals surface area contributed by atoms with E-state index < -0.39 is 0 Å². The molecule has 0 radical (unpaired) electrons. The van der Waals surface area contributed by atoms with E-state index in [1.165, 1.54) is 0 Å². The van der Waals surface area contributed by atoms with Gasteiger partial charge in [-0.25, -0.2) is 15.8 Å². The molecule has 82 valence electrons. The molecule has 1 fully saturated rings. The second-order valence-corrected chi connectivity index (χ2v) is 3.79. The van der Waals surface area contributed by atoms with Crippen molar-refractivity contribution in [2.45, 2.75) is 32.3 Å². The number of nitrogens with one attached hydrogen (secondary N) is 1. The van der Waals surface area contributed by atoms with Gasteiger partial charge in [-0.05, 0) is 19.8 Å². The third kappa shape index (κ3) is 2.64. The fourth-order valence-electron chi connectivity index (χ4n) is 1.80. The molecule has 0 spiro atoms. The first-order valence-corrected chi connectivity index (χ1v) is 5.20. The van der Waals surface area contributed by atoms with Gasteiger partial charge in [-0.15, -0.1) is 0 Å². The van der Waals surface area contributed by atoms with Crippen molar-refractivity contribution in [3.05, 3.63) is 17.6 Å². The molecule has 0 saturated carbocycles. The minimum atomic E-state index is 0.275. The minimum absolute atomic E-state index is 0.275. The lowest BCUT2D eigenvalue weighted by Crippen LogP contribution is -2.15. The molecule has 0 amide bonds. The van der Waals surface area contributed by atoms with Crippen LogP contribution < -0.4 is 11.3 Å². The van der Waals surface area contributed by atoms with Crippen LogP contribution in [0.15, 0.2) is 6.07 Å². The third-order valence-electron chi connectivity index (χ3n) is 2.48. The van der Waals surface area contributed by atoms with Crippen molar-refractivity contribution < 1.29 is 4.74 Å². The van der Waals surface area contributed by atoms with E-state index in [1.54, 1.807) is 0 Å². The highest BCUT2D eigenvalue weighted by Gasteiger charge is 2.17. The lowest BCUT2D eigenvalue weighted by atomic mass is 10.2. The first-order valence-electron chi connectivity index (χ1n) is 5.20. The molecule has 15 heavy (non-hydrogen) atoms. The Bertz CT molecular complexity index is 336. The summed E-state index contributed by atoms with van der Waals surface area (Å²) in [6.45, 7) is 2.79. The molecule has 2 rings (SSSR count). The maximum absolute atomic E-state index is 5.54. The summed E-state index contributed by atoms with van der Waals surface area (Å²) in [4.78, 5) is 8.65. The molecule has 1 aliphatic heterocycles. The summed E-state index contributed by atoms with van der Waals surface area (Å²) in [7, 11) is 0. The van der Waals surface area contributed by atoms with Gasteiger partial charge < -0.3 is 10.2 Å². The molecule has 0 aromatic carbocycles. The van der Waals surface area contributed by atoms with E-state index in [0.29, 0.717) is 5.82 Å². The average Bonchev–Trinajstić information content (AvgIpc) is 2.69. The second kappa shape index (κ2) is 4.55. The Morgan fingerprint density at radius 3 is 3.13 bits per heavy atom. The predicted octanol–water partition coefficient (Wildman–Crippen LogP) is 0.792. The summed E-state index contributed by atoms with van der Waals surface area (Å²) in [5.74, 6) is 6.79. The van der Waals surface area contributed by atoms with Gasteiger partial charge in [0.1, 0.15) is 11.6 Å². The number of ether oxygens (including phenoxy) is 1. The molecule has 1 atom stereocenters. The summed E-state index contributed by atoms with van der Waals surface area (Å²) in [6.07, 6.45) is 3.29. The van der Waals surface area contributed by atoms with Crippen LogP contribution in [0.2, 0.25) is 0 Å². The SMILES string of the molecule is Cc1cc(NN)nc(CC2CCCO2)n1. The fourth-order valence-corrected chi connectivity index (χ4v) is 1.80. The van der Waals surface area contributed by atoms with Crippen molar-refractivity contribution in [1.29, 1.82) is 0 Å². The summed E-state index contributed by atoms with van der Waals surface area (Å²) in [6, 6.07) is 1.82. The van der Waals surface area contributed by atoms with Crippen LogP contribution in [-0.4, -0.2) is 22.7 Å². The number of nitrogen functional groups attached to an aromatic ring is 1. The monoisotopic (exact) mass is 208 g/mol. The number of hydrazine groups is 1. The molecular formula is C10H16N4O.